The van der Waals surface area contributed by atoms with E-state index in [0.717, 1.165) is 4.57 Å². The topological polar surface area (TPSA) is 312 Å². The molecule has 0 bridgehead atoms. The number of phosphoric acid groups is 2. The molecule has 1 unspecified atom stereocenters. The van der Waals surface area contributed by atoms with Gasteiger partial charge in [-0.05, 0) is 31.7 Å². The molecule has 0 spiro atoms. The SMILES string of the molecule is CCCC[N+](CCCC)(CCCC)CCCC.Nc1ccn([C@H]2C[C@H](OP(=O)(O)OC[C@H]3O[C@@H](n4cnc5c(N)ncnc54)[C@H](O)[C@H]3O)[C@@H](COP(=O)(O)O)O2)c(=O)n1. The second-order valence-electron chi connectivity index (χ2n) is 14.9. The molecule has 3 aromatic rings. The van der Waals surface area contributed by atoms with E-state index >= 15 is 0 Å². The molecule has 2 fully saturated rings. The summed E-state index contributed by atoms with van der Waals surface area (Å²) >= 11 is 0. The number of hydrogen-bond donors (Lipinski definition) is 7. The number of unbranched alkanes of at least 4 members (excludes halogenated alkanes) is 4. The van der Waals surface area contributed by atoms with E-state index in [1.165, 1.54) is 112 Å². The summed E-state index contributed by atoms with van der Waals surface area (Å²) in [5.41, 5.74) is 10.9. The molecule has 334 valence electrons. The Morgan fingerprint density at radius 3 is 1.98 bits per heavy atom. The number of nitrogen functional groups attached to an aromatic ring is 2. The van der Waals surface area contributed by atoms with Crippen LogP contribution in [0.5, 0.6) is 0 Å². The maximum Gasteiger partial charge on any atom is 0.472 e. The van der Waals surface area contributed by atoms with Crippen LogP contribution in [0.3, 0.4) is 0 Å². The number of nitrogens with zero attached hydrogens (tertiary/aromatic N) is 7. The molecule has 2 aliphatic heterocycles. The molecular formula is C35H62N9O13P2+. The molecule has 5 rings (SSSR count). The number of aliphatic hydroxyl groups excluding tert-OH is 2. The highest BCUT2D eigenvalue weighted by Gasteiger charge is 2.47. The van der Waals surface area contributed by atoms with Crippen LogP contribution in [0.15, 0.2) is 29.7 Å². The Morgan fingerprint density at radius 1 is 0.831 bits per heavy atom. The standard InChI is InChI=1S/C19H26N8O13P2.C16H36N/c20-11-1-2-26(19(30)25-11)12-3-8(9(38-12)4-36-41(31,32)33)40-42(34,35)37-5-10-14(28)15(29)18(39-10)27-7-24-13-16(21)22-6-23-17(13)27;1-5-9-13-17(14-10-6-2,15-11-7-3)16-12-8-4/h1-2,6-10,12,14-15,18,28-29H,3-5H2,(H,34,35)(H2,20,25,30)(H2,21,22,23)(H2,31,32,33);5-16H2,1-4H3/q;+1/t8-,9+,10+,12+,14-,15+,18+;/m0./s1. The Balaban J connectivity index is 0.000000383. The van der Waals surface area contributed by atoms with Crippen molar-refractivity contribution in [3.63, 3.8) is 0 Å². The molecule has 0 radical (unpaired) electrons. The van der Waals surface area contributed by atoms with E-state index < -0.39 is 77.5 Å². The van der Waals surface area contributed by atoms with Crippen LogP contribution in [0.2, 0.25) is 0 Å². The van der Waals surface area contributed by atoms with E-state index in [0.29, 0.717) is 0 Å². The molecule has 9 N–H and O–H groups in total. The number of ether oxygens (including phenoxy) is 2. The lowest BCUT2D eigenvalue weighted by atomic mass is 10.1. The monoisotopic (exact) mass is 878 g/mol. The normalized spacial score (nSPS) is 24.6. The minimum absolute atomic E-state index is 0.0704. The van der Waals surface area contributed by atoms with Gasteiger partial charge in [-0.25, -0.2) is 28.9 Å². The number of imidazole rings is 1. The highest BCUT2D eigenvalue weighted by Crippen LogP contribution is 2.49. The van der Waals surface area contributed by atoms with Gasteiger partial charge in [0.15, 0.2) is 17.7 Å². The van der Waals surface area contributed by atoms with Crippen molar-refractivity contribution in [1.29, 1.82) is 0 Å². The second-order valence-corrected chi connectivity index (χ2v) is 17.5. The van der Waals surface area contributed by atoms with Crippen molar-refractivity contribution in [3.05, 3.63) is 35.4 Å². The Kier molecular flexibility index (Phi) is 18.4. The quantitative estimate of drug-likeness (QED) is 0.0564. The van der Waals surface area contributed by atoms with Gasteiger partial charge < -0.3 is 50.3 Å². The Hall–Kier alpha value is -2.95. The van der Waals surface area contributed by atoms with Crippen molar-refractivity contribution < 1.29 is 61.6 Å². The number of quaternary nitrogens is 1. The largest absolute Gasteiger partial charge is 0.472 e. The number of anilines is 2. The number of aromatic nitrogens is 6. The third kappa shape index (κ3) is 13.8. The van der Waals surface area contributed by atoms with Crippen LogP contribution in [-0.4, -0.2) is 128 Å². The maximum absolute atomic E-state index is 12.9. The van der Waals surface area contributed by atoms with Crippen LogP contribution in [0.4, 0.5) is 11.6 Å². The average molecular weight is 879 g/mol. The van der Waals surface area contributed by atoms with Gasteiger partial charge >= 0.3 is 21.3 Å². The molecule has 2 aliphatic rings. The Labute approximate surface area is 343 Å². The summed E-state index contributed by atoms with van der Waals surface area (Å²) in [4.78, 5) is 56.3. The summed E-state index contributed by atoms with van der Waals surface area (Å²) in [5.74, 6) is 0.00388. The summed E-state index contributed by atoms with van der Waals surface area (Å²) < 4.78 is 53.7. The van der Waals surface area contributed by atoms with Gasteiger partial charge in [-0.15, -0.1) is 0 Å². The van der Waals surface area contributed by atoms with Crippen LogP contribution in [0.1, 0.15) is 97.9 Å². The minimum atomic E-state index is -4.99. The smallest absolute Gasteiger partial charge is 0.387 e. The molecule has 5 heterocycles. The predicted molar refractivity (Wildman–Crippen MR) is 215 cm³/mol. The van der Waals surface area contributed by atoms with Crippen molar-refractivity contribution in [2.45, 2.75) is 128 Å². The molecule has 22 nitrogen and oxygen atoms in total. The lowest BCUT2D eigenvalue weighted by molar-refractivity contribution is -0.929. The van der Waals surface area contributed by atoms with E-state index in [9.17, 15) is 29.0 Å². The first-order valence-electron chi connectivity index (χ1n) is 20.1. The maximum atomic E-state index is 12.9. The van der Waals surface area contributed by atoms with Gasteiger partial charge in [0, 0.05) is 12.6 Å². The number of fused-ring (bicyclic) bond motifs is 1. The van der Waals surface area contributed by atoms with Gasteiger partial charge in [-0.2, -0.15) is 4.98 Å². The Morgan fingerprint density at radius 2 is 1.42 bits per heavy atom. The van der Waals surface area contributed by atoms with E-state index in [1.807, 2.05) is 0 Å². The van der Waals surface area contributed by atoms with Crippen LogP contribution < -0.4 is 17.2 Å². The fourth-order valence-corrected chi connectivity index (χ4v) is 8.42. The van der Waals surface area contributed by atoms with Crippen molar-refractivity contribution in [1.82, 2.24) is 29.1 Å². The summed E-state index contributed by atoms with van der Waals surface area (Å²) in [7, 11) is -9.96. The van der Waals surface area contributed by atoms with E-state index in [2.05, 4.69) is 52.2 Å². The molecule has 8 atom stereocenters. The third-order valence-corrected chi connectivity index (χ3v) is 11.9. The van der Waals surface area contributed by atoms with Gasteiger partial charge in [-0.1, -0.05) is 53.4 Å². The summed E-state index contributed by atoms with van der Waals surface area (Å²) in [6.45, 7) is 13.5. The van der Waals surface area contributed by atoms with Crippen molar-refractivity contribution in [2.24, 2.45) is 0 Å². The van der Waals surface area contributed by atoms with Crippen LogP contribution >= 0.6 is 15.6 Å². The molecular weight excluding hydrogens is 816 g/mol. The third-order valence-electron chi connectivity index (χ3n) is 10.4. The molecule has 0 saturated carbocycles. The number of nitrogens with two attached hydrogens (primary N) is 2. The zero-order valence-corrected chi connectivity index (χ0v) is 35.9. The first kappa shape index (κ1) is 48.7. The van der Waals surface area contributed by atoms with E-state index in [1.54, 1.807) is 0 Å². The molecule has 0 aromatic carbocycles. The van der Waals surface area contributed by atoms with Gasteiger partial charge in [0.25, 0.3) is 0 Å². The van der Waals surface area contributed by atoms with Gasteiger partial charge in [0.2, 0.25) is 0 Å². The van der Waals surface area contributed by atoms with Crippen molar-refractivity contribution >= 4 is 38.4 Å². The second kappa shape index (κ2) is 22.2. The molecule has 0 amide bonds. The van der Waals surface area contributed by atoms with Gasteiger partial charge in [-0.3, -0.25) is 22.7 Å². The number of rotatable bonds is 22. The Bertz CT molecular complexity index is 1880. The molecule has 24 heteroatoms. The molecule has 3 aromatic heterocycles. The van der Waals surface area contributed by atoms with Crippen LogP contribution in [0, 0.1) is 0 Å². The van der Waals surface area contributed by atoms with Crippen LogP contribution in [-0.2, 0) is 32.2 Å². The highest BCUT2D eigenvalue weighted by atomic mass is 31.2. The summed E-state index contributed by atoms with van der Waals surface area (Å²) in [5, 5.41) is 21.1. The highest BCUT2D eigenvalue weighted by molar-refractivity contribution is 7.47. The first-order valence-corrected chi connectivity index (χ1v) is 23.1. The first-order chi connectivity index (χ1) is 28.0. The molecule has 0 aliphatic carbocycles. The summed E-state index contributed by atoms with van der Waals surface area (Å²) in [6, 6.07) is 1.29. The van der Waals surface area contributed by atoms with Crippen LogP contribution in [0.25, 0.3) is 11.2 Å². The zero-order valence-electron chi connectivity index (χ0n) is 34.1. The predicted octanol–water partition coefficient (Wildman–Crippen LogP) is 2.77. The van der Waals surface area contributed by atoms with Crippen molar-refractivity contribution in [2.75, 3.05) is 50.9 Å². The molecule has 59 heavy (non-hydrogen) atoms. The number of phosphoric ester groups is 2. The molecule has 2 saturated heterocycles. The number of hydrogen-bond acceptors (Lipinski definition) is 16. The van der Waals surface area contributed by atoms with E-state index in [-0.39, 0.29) is 29.2 Å². The van der Waals surface area contributed by atoms with Crippen molar-refractivity contribution in [3.8, 4) is 0 Å². The average Bonchev–Trinajstić information content (AvgIpc) is 3.88. The van der Waals surface area contributed by atoms with E-state index in [4.69, 9.17) is 39.8 Å². The van der Waals surface area contributed by atoms with Gasteiger partial charge in [0.05, 0.1) is 45.7 Å². The summed E-state index contributed by atoms with van der Waals surface area (Å²) in [6.07, 6.45) is 4.94. The zero-order chi connectivity index (χ0) is 43.4. The minimum Gasteiger partial charge on any atom is -0.387 e. The lowest BCUT2D eigenvalue weighted by Gasteiger charge is -2.39. The fraction of sp³-hybridized carbons (Fsp3) is 0.743. The fourth-order valence-electron chi connectivity index (χ4n) is 7.11. The van der Waals surface area contributed by atoms with Gasteiger partial charge in [0.1, 0.15) is 54.4 Å². The lowest BCUT2D eigenvalue weighted by Crippen LogP contribution is -2.50. The number of aliphatic hydroxyl groups is 2.